The molecule has 2 aromatic carbocycles. The molecule has 1 amide bonds. The second-order valence-corrected chi connectivity index (χ2v) is 9.35. The summed E-state index contributed by atoms with van der Waals surface area (Å²) in [5.41, 5.74) is 0.209. The first-order valence-corrected chi connectivity index (χ1v) is 11.7. The van der Waals surface area contributed by atoms with Crippen molar-refractivity contribution in [3.8, 4) is 5.75 Å². The maximum Gasteiger partial charge on any atom is 0.335 e. The molecule has 2 aromatic rings. The van der Waals surface area contributed by atoms with Crippen molar-refractivity contribution >= 4 is 24.3 Å². The largest absolute Gasteiger partial charge is 0.489 e. The van der Waals surface area contributed by atoms with Crippen LogP contribution in [0, 0.1) is 0 Å². The third-order valence-corrected chi connectivity index (χ3v) is 7.33. The highest BCUT2D eigenvalue weighted by Crippen LogP contribution is 2.46. The van der Waals surface area contributed by atoms with E-state index in [1.807, 2.05) is 42.5 Å². The van der Waals surface area contributed by atoms with Crippen LogP contribution in [0.1, 0.15) is 48.0 Å². The minimum Gasteiger partial charge on any atom is -0.489 e. The highest BCUT2D eigenvalue weighted by Gasteiger charge is 2.53. The van der Waals surface area contributed by atoms with Crippen LogP contribution in [-0.4, -0.2) is 59.8 Å². The summed E-state index contributed by atoms with van der Waals surface area (Å²) in [6.45, 7) is 2.65. The topological polar surface area (TPSA) is 88.1 Å². The van der Waals surface area contributed by atoms with Crippen molar-refractivity contribution in [2.45, 2.75) is 49.3 Å². The molecule has 2 N–H and O–H groups in total. The zero-order valence-corrected chi connectivity index (χ0v) is 19.9. The number of halogens is 1. The average Bonchev–Trinajstić information content (AvgIpc) is 3.48. The second kappa shape index (κ2) is 9.94. The van der Waals surface area contributed by atoms with Gasteiger partial charge in [0.25, 0.3) is 0 Å². The fourth-order valence-corrected chi connectivity index (χ4v) is 5.18. The Balaban J connectivity index is 0.00000274. The number of carbonyl (C=O) groups is 2. The maximum atomic E-state index is 13.8. The van der Waals surface area contributed by atoms with Gasteiger partial charge >= 0.3 is 5.97 Å². The lowest BCUT2D eigenvalue weighted by Gasteiger charge is -2.43. The minimum atomic E-state index is -0.946. The summed E-state index contributed by atoms with van der Waals surface area (Å²) >= 11 is 0. The lowest BCUT2D eigenvalue weighted by Crippen LogP contribution is -2.62. The Hall–Kier alpha value is -2.61. The van der Waals surface area contributed by atoms with Crippen molar-refractivity contribution in [3.05, 3.63) is 65.7 Å². The Morgan fingerprint density at radius 2 is 1.68 bits per heavy atom. The van der Waals surface area contributed by atoms with E-state index in [1.54, 1.807) is 12.1 Å². The molecule has 0 radical (unpaired) electrons. The van der Waals surface area contributed by atoms with Gasteiger partial charge in [-0.25, -0.2) is 4.79 Å². The number of nitrogens with zero attached hydrogens (tertiary/aromatic N) is 1. The van der Waals surface area contributed by atoms with E-state index in [0.29, 0.717) is 32.6 Å². The van der Waals surface area contributed by atoms with E-state index >= 15 is 0 Å². The van der Waals surface area contributed by atoms with Crippen molar-refractivity contribution < 1.29 is 24.2 Å². The van der Waals surface area contributed by atoms with Gasteiger partial charge in [0, 0.05) is 26.3 Å². The first-order chi connectivity index (χ1) is 16.0. The number of hydrogen-bond donors (Lipinski definition) is 2. The molecule has 0 unspecified atom stereocenters. The zero-order chi connectivity index (χ0) is 22.9. The first kappa shape index (κ1) is 24.5. The fraction of sp³-hybridized carbons (Fsp3) is 0.462. The number of carbonyl (C=O) groups excluding carboxylic acids is 1. The third kappa shape index (κ3) is 4.78. The number of rotatable bonds is 7. The van der Waals surface area contributed by atoms with Crippen LogP contribution < -0.4 is 10.1 Å². The van der Waals surface area contributed by atoms with E-state index in [2.05, 4.69) is 10.2 Å². The van der Waals surface area contributed by atoms with Crippen molar-refractivity contribution in [3.63, 3.8) is 0 Å². The molecule has 182 valence electrons. The number of carboxylic acids is 1. The SMILES string of the molecule is Cl.O=C(O)c1ccc(C2(NC(=O)C3(N4CC[C@@H](Oc5ccccc5)C4)CCOCC3)CC2)cc1. The summed E-state index contributed by atoms with van der Waals surface area (Å²) in [4.78, 5) is 27.3. The van der Waals surface area contributed by atoms with Crippen LogP contribution in [0.4, 0.5) is 0 Å². The molecule has 0 bridgehead atoms. The van der Waals surface area contributed by atoms with Gasteiger partial charge in [-0.2, -0.15) is 0 Å². The van der Waals surface area contributed by atoms with Gasteiger partial charge in [0.05, 0.1) is 11.1 Å². The number of carboxylic acid groups (broad SMARTS) is 1. The molecule has 2 heterocycles. The minimum absolute atomic E-state index is 0. The quantitative estimate of drug-likeness (QED) is 0.621. The average molecular weight is 487 g/mol. The van der Waals surface area contributed by atoms with Crippen LogP contribution in [0.5, 0.6) is 5.75 Å². The van der Waals surface area contributed by atoms with E-state index in [4.69, 9.17) is 9.47 Å². The molecule has 1 aliphatic carbocycles. The van der Waals surface area contributed by atoms with Crippen molar-refractivity contribution in [2.75, 3.05) is 26.3 Å². The predicted octanol–water partition coefficient (Wildman–Crippen LogP) is 3.61. The Labute approximate surface area is 205 Å². The van der Waals surface area contributed by atoms with Crippen molar-refractivity contribution in [1.29, 1.82) is 0 Å². The van der Waals surface area contributed by atoms with E-state index in [1.165, 1.54) is 0 Å². The van der Waals surface area contributed by atoms with Gasteiger partial charge in [-0.05, 0) is 61.9 Å². The standard InChI is InChI=1S/C26H30N2O5.ClH/c29-23(30)19-6-8-20(9-7-19)25(11-12-25)27-24(31)26(13-16-32-17-14-26)28-15-10-22(18-28)33-21-4-2-1-3-5-21;/h1-9,22H,10-18H2,(H,27,31)(H,29,30);1H/t22-;/m1./s1. The predicted molar refractivity (Wildman–Crippen MR) is 130 cm³/mol. The summed E-state index contributed by atoms with van der Waals surface area (Å²) < 4.78 is 11.8. The van der Waals surface area contributed by atoms with Gasteiger partial charge in [0.15, 0.2) is 0 Å². The fourth-order valence-electron chi connectivity index (χ4n) is 5.18. The Bertz CT molecular complexity index is 1000. The van der Waals surface area contributed by atoms with E-state index in [0.717, 1.165) is 37.1 Å². The van der Waals surface area contributed by atoms with Gasteiger partial charge < -0.3 is 19.9 Å². The molecule has 1 saturated carbocycles. The third-order valence-electron chi connectivity index (χ3n) is 7.33. The van der Waals surface area contributed by atoms with Crippen LogP contribution in [0.3, 0.4) is 0 Å². The summed E-state index contributed by atoms with van der Waals surface area (Å²) in [6, 6.07) is 16.7. The number of nitrogens with one attached hydrogen (secondary N) is 1. The van der Waals surface area contributed by atoms with E-state index < -0.39 is 17.0 Å². The van der Waals surface area contributed by atoms with Crippen LogP contribution in [0.15, 0.2) is 54.6 Å². The van der Waals surface area contributed by atoms with Gasteiger partial charge in [-0.3, -0.25) is 9.69 Å². The molecule has 34 heavy (non-hydrogen) atoms. The van der Waals surface area contributed by atoms with Crippen LogP contribution in [-0.2, 0) is 15.1 Å². The van der Waals surface area contributed by atoms with Gasteiger partial charge in [-0.1, -0.05) is 30.3 Å². The van der Waals surface area contributed by atoms with Crippen molar-refractivity contribution in [2.24, 2.45) is 0 Å². The number of hydrogen-bond acceptors (Lipinski definition) is 5. The van der Waals surface area contributed by atoms with E-state index in [-0.39, 0.29) is 30.0 Å². The number of para-hydroxylation sites is 1. The Kier molecular flexibility index (Phi) is 7.17. The summed E-state index contributed by atoms with van der Waals surface area (Å²) in [7, 11) is 0. The molecular formula is C26H31ClN2O5. The van der Waals surface area contributed by atoms with Gasteiger partial charge in [0.1, 0.15) is 17.4 Å². The second-order valence-electron chi connectivity index (χ2n) is 9.35. The smallest absolute Gasteiger partial charge is 0.335 e. The van der Waals surface area contributed by atoms with Crippen LogP contribution >= 0.6 is 12.4 Å². The monoisotopic (exact) mass is 486 g/mol. The molecule has 3 fully saturated rings. The molecule has 1 atom stereocenters. The van der Waals surface area contributed by atoms with Crippen LogP contribution in [0.25, 0.3) is 0 Å². The first-order valence-electron chi connectivity index (χ1n) is 11.7. The van der Waals surface area contributed by atoms with Gasteiger partial charge in [0.2, 0.25) is 5.91 Å². The Morgan fingerprint density at radius 3 is 2.29 bits per heavy atom. The molecule has 7 nitrogen and oxygen atoms in total. The number of likely N-dealkylation sites (tertiary alicyclic amines) is 1. The molecule has 0 aromatic heterocycles. The molecular weight excluding hydrogens is 456 g/mol. The Morgan fingerprint density at radius 1 is 1.00 bits per heavy atom. The number of aromatic carboxylic acids is 1. The molecule has 2 aliphatic heterocycles. The van der Waals surface area contributed by atoms with Crippen LogP contribution in [0.2, 0.25) is 0 Å². The maximum absolute atomic E-state index is 13.8. The lowest BCUT2D eigenvalue weighted by molar-refractivity contribution is -0.141. The zero-order valence-electron chi connectivity index (χ0n) is 19.1. The number of benzene rings is 2. The molecule has 5 rings (SSSR count). The highest BCUT2D eigenvalue weighted by molar-refractivity contribution is 5.89. The summed E-state index contributed by atoms with van der Waals surface area (Å²) in [5, 5.41) is 12.5. The number of amides is 1. The highest BCUT2D eigenvalue weighted by atomic mass is 35.5. The normalized spacial score (nSPS) is 22.9. The van der Waals surface area contributed by atoms with E-state index in [9.17, 15) is 14.7 Å². The summed E-state index contributed by atoms with van der Waals surface area (Å²) in [5.74, 6) is -0.0413. The molecule has 0 spiro atoms. The van der Waals surface area contributed by atoms with Gasteiger partial charge in [-0.15, -0.1) is 12.4 Å². The summed E-state index contributed by atoms with van der Waals surface area (Å²) in [6.07, 6.45) is 3.97. The molecule has 8 heteroatoms. The van der Waals surface area contributed by atoms with Crippen molar-refractivity contribution in [1.82, 2.24) is 10.2 Å². The number of ether oxygens (including phenoxy) is 2. The molecule has 3 aliphatic rings. The lowest BCUT2D eigenvalue weighted by atomic mass is 9.86. The molecule has 2 saturated heterocycles.